The Labute approximate surface area is 166 Å². The van der Waals surface area contributed by atoms with Crippen molar-refractivity contribution in [2.24, 2.45) is 0 Å². The molecule has 0 atom stereocenters. The number of para-hydroxylation sites is 2. The summed E-state index contributed by atoms with van der Waals surface area (Å²) >= 11 is 0. The number of imidazole rings is 1. The van der Waals surface area contributed by atoms with E-state index in [4.69, 9.17) is 9.26 Å². The summed E-state index contributed by atoms with van der Waals surface area (Å²) in [4.78, 5) is 27.1. The van der Waals surface area contributed by atoms with Crippen LogP contribution < -0.4 is 15.7 Å². The molecule has 0 fully saturated rings. The second-order valence-electron chi connectivity index (χ2n) is 6.54. The average molecular weight is 392 g/mol. The number of hydrogen-bond acceptors (Lipinski definition) is 5. The topological polar surface area (TPSA) is 102 Å². The molecule has 2 aromatic heterocycles. The first kappa shape index (κ1) is 18.5. The van der Waals surface area contributed by atoms with E-state index in [0.717, 1.165) is 16.6 Å². The summed E-state index contributed by atoms with van der Waals surface area (Å²) in [7, 11) is 1.60. The first-order chi connectivity index (χ1) is 14.1. The van der Waals surface area contributed by atoms with Crippen molar-refractivity contribution < 1.29 is 14.1 Å². The van der Waals surface area contributed by atoms with Gasteiger partial charge in [0, 0.05) is 24.7 Å². The number of nitrogens with one attached hydrogen (secondary N) is 2. The van der Waals surface area contributed by atoms with Gasteiger partial charge >= 0.3 is 5.69 Å². The predicted octanol–water partition coefficient (Wildman–Crippen LogP) is 2.35. The molecule has 0 aliphatic rings. The van der Waals surface area contributed by atoms with Gasteiger partial charge in [0.15, 0.2) is 5.76 Å². The van der Waals surface area contributed by atoms with Gasteiger partial charge in [0.25, 0.3) is 0 Å². The van der Waals surface area contributed by atoms with Gasteiger partial charge in [-0.25, -0.2) is 4.79 Å². The number of aromatic nitrogens is 3. The summed E-state index contributed by atoms with van der Waals surface area (Å²) < 4.78 is 12.2. The molecule has 29 heavy (non-hydrogen) atoms. The summed E-state index contributed by atoms with van der Waals surface area (Å²) in [5, 5.41) is 6.78. The molecule has 0 bridgehead atoms. The van der Waals surface area contributed by atoms with Gasteiger partial charge in [0.1, 0.15) is 5.75 Å². The van der Waals surface area contributed by atoms with Gasteiger partial charge in [0.05, 0.1) is 30.3 Å². The Bertz CT molecular complexity index is 1200. The van der Waals surface area contributed by atoms with Gasteiger partial charge in [-0.1, -0.05) is 29.4 Å². The monoisotopic (exact) mass is 392 g/mol. The number of benzene rings is 2. The number of H-pyrrole nitrogens is 1. The molecule has 2 aromatic carbocycles. The maximum Gasteiger partial charge on any atom is 0.326 e. The largest absolute Gasteiger partial charge is 0.497 e. The van der Waals surface area contributed by atoms with Crippen LogP contribution in [0.25, 0.3) is 22.4 Å². The summed E-state index contributed by atoms with van der Waals surface area (Å²) in [6.07, 6.45) is 0.0935. The van der Waals surface area contributed by atoms with E-state index in [-0.39, 0.29) is 18.0 Å². The number of carbonyl (C=O) groups excluding carboxylic acids is 1. The molecule has 2 N–H and O–H groups in total. The normalized spacial score (nSPS) is 10.9. The third-order valence-electron chi connectivity index (χ3n) is 4.59. The van der Waals surface area contributed by atoms with Crippen LogP contribution >= 0.6 is 0 Å². The lowest BCUT2D eigenvalue weighted by Gasteiger charge is -2.05. The number of methoxy groups -OCH3 is 1. The molecule has 0 saturated heterocycles. The molecule has 0 saturated carbocycles. The number of carbonyl (C=O) groups is 1. The molecular formula is C21H20N4O4. The highest BCUT2D eigenvalue weighted by molar-refractivity contribution is 5.78. The SMILES string of the molecule is COc1cccc(-c2cc(CC(=O)NCCn3c(=O)[nH]c4ccccc43)no2)c1. The zero-order chi connectivity index (χ0) is 20.2. The van der Waals surface area contributed by atoms with Crippen molar-refractivity contribution in [3.8, 4) is 17.1 Å². The molecule has 0 radical (unpaired) electrons. The number of hydrogen-bond donors (Lipinski definition) is 2. The van der Waals surface area contributed by atoms with E-state index in [1.54, 1.807) is 17.7 Å². The van der Waals surface area contributed by atoms with E-state index in [1.165, 1.54) is 0 Å². The fourth-order valence-electron chi connectivity index (χ4n) is 3.17. The minimum atomic E-state index is -0.195. The zero-order valence-corrected chi connectivity index (χ0v) is 15.8. The highest BCUT2D eigenvalue weighted by atomic mass is 16.5. The number of rotatable bonds is 7. The van der Waals surface area contributed by atoms with E-state index in [2.05, 4.69) is 15.5 Å². The average Bonchev–Trinajstić information content (AvgIpc) is 3.32. The number of amides is 1. The highest BCUT2D eigenvalue weighted by Gasteiger charge is 2.12. The van der Waals surface area contributed by atoms with Gasteiger partial charge in [-0.05, 0) is 24.3 Å². The Morgan fingerprint density at radius 3 is 2.93 bits per heavy atom. The first-order valence-electron chi connectivity index (χ1n) is 9.18. The summed E-state index contributed by atoms with van der Waals surface area (Å²) in [5.41, 5.74) is 2.74. The lowest BCUT2D eigenvalue weighted by atomic mass is 10.1. The van der Waals surface area contributed by atoms with Crippen molar-refractivity contribution in [1.82, 2.24) is 20.0 Å². The summed E-state index contributed by atoms with van der Waals surface area (Å²) in [6.45, 7) is 0.712. The number of fused-ring (bicyclic) bond motifs is 1. The molecule has 8 heteroatoms. The maximum absolute atomic E-state index is 12.2. The minimum absolute atomic E-state index is 0.0935. The van der Waals surface area contributed by atoms with E-state index in [0.29, 0.717) is 30.3 Å². The summed E-state index contributed by atoms with van der Waals surface area (Å²) in [6, 6.07) is 16.6. The highest BCUT2D eigenvalue weighted by Crippen LogP contribution is 2.24. The number of ether oxygens (including phenoxy) is 1. The molecule has 4 rings (SSSR count). The molecule has 0 unspecified atom stereocenters. The van der Waals surface area contributed by atoms with Crippen molar-refractivity contribution in [2.75, 3.05) is 13.7 Å². The molecule has 1 amide bonds. The van der Waals surface area contributed by atoms with Crippen molar-refractivity contribution in [3.05, 3.63) is 70.8 Å². The van der Waals surface area contributed by atoms with E-state index in [9.17, 15) is 9.59 Å². The van der Waals surface area contributed by atoms with Crippen LogP contribution in [0.2, 0.25) is 0 Å². The van der Waals surface area contributed by atoms with Crippen LogP contribution in [0.5, 0.6) is 5.75 Å². The molecule has 148 valence electrons. The third-order valence-corrected chi connectivity index (χ3v) is 4.59. The van der Waals surface area contributed by atoms with Crippen LogP contribution in [0.3, 0.4) is 0 Å². The molecule has 8 nitrogen and oxygen atoms in total. The standard InChI is InChI=1S/C21H20N4O4/c1-28-16-6-4-5-14(11-16)19-12-15(24-29-19)13-20(26)22-9-10-25-18-8-3-2-7-17(18)23-21(25)27/h2-8,11-12H,9-10,13H2,1H3,(H,22,26)(H,23,27). The van der Waals surface area contributed by atoms with Crippen LogP contribution in [0, 0.1) is 0 Å². The second-order valence-corrected chi connectivity index (χ2v) is 6.54. The molecule has 2 heterocycles. The van der Waals surface area contributed by atoms with Crippen LogP contribution in [0.4, 0.5) is 0 Å². The molecule has 0 spiro atoms. The van der Waals surface area contributed by atoms with Crippen molar-refractivity contribution in [2.45, 2.75) is 13.0 Å². The molecular weight excluding hydrogens is 372 g/mol. The zero-order valence-electron chi connectivity index (χ0n) is 15.8. The van der Waals surface area contributed by atoms with Crippen LogP contribution in [0.1, 0.15) is 5.69 Å². The fraction of sp³-hybridized carbons (Fsp3) is 0.190. The summed E-state index contributed by atoms with van der Waals surface area (Å²) in [5.74, 6) is 1.09. The van der Waals surface area contributed by atoms with Crippen molar-refractivity contribution >= 4 is 16.9 Å². The Morgan fingerprint density at radius 1 is 1.21 bits per heavy atom. The smallest absolute Gasteiger partial charge is 0.326 e. The van der Waals surface area contributed by atoms with Crippen molar-refractivity contribution in [1.29, 1.82) is 0 Å². The molecule has 0 aliphatic heterocycles. The number of aromatic amines is 1. The predicted molar refractivity (Wildman–Crippen MR) is 108 cm³/mol. The van der Waals surface area contributed by atoms with Gasteiger partial charge in [0.2, 0.25) is 5.91 Å². The Morgan fingerprint density at radius 2 is 2.07 bits per heavy atom. The van der Waals surface area contributed by atoms with Gasteiger partial charge in [-0.15, -0.1) is 0 Å². The van der Waals surface area contributed by atoms with Gasteiger partial charge < -0.3 is 19.6 Å². The Balaban J connectivity index is 1.35. The number of nitrogens with zero attached hydrogens (tertiary/aromatic N) is 2. The lowest BCUT2D eigenvalue weighted by Crippen LogP contribution is -2.31. The van der Waals surface area contributed by atoms with Crippen LogP contribution in [0.15, 0.2) is 63.9 Å². The quantitative estimate of drug-likeness (QED) is 0.503. The first-order valence-corrected chi connectivity index (χ1v) is 9.18. The molecule has 0 aliphatic carbocycles. The maximum atomic E-state index is 12.2. The fourth-order valence-corrected chi connectivity index (χ4v) is 3.17. The van der Waals surface area contributed by atoms with E-state index < -0.39 is 0 Å². The van der Waals surface area contributed by atoms with Crippen molar-refractivity contribution in [3.63, 3.8) is 0 Å². The Kier molecular flexibility index (Phi) is 5.15. The van der Waals surface area contributed by atoms with Crippen LogP contribution in [-0.2, 0) is 17.8 Å². The van der Waals surface area contributed by atoms with E-state index >= 15 is 0 Å². The third kappa shape index (κ3) is 4.06. The molecule has 4 aromatic rings. The Hall–Kier alpha value is -3.81. The van der Waals surface area contributed by atoms with Gasteiger partial charge in [-0.2, -0.15) is 0 Å². The lowest BCUT2D eigenvalue weighted by molar-refractivity contribution is -0.120. The van der Waals surface area contributed by atoms with E-state index in [1.807, 2.05) is 48.5 Å². The minimum Gasteiger partial charge on any atom is -0.497 e. The van der Waals surface area contributed by atoms with Gasteiger partial charge in [-0.3, -0.25) is 9.36 Å². The second kappa shape index (κ2) is 8.05. The van der Waals surface area contributed by atoms with Crippen LogP contribution in [-0.4, -0.2) is 34.3 Å².